The summed E-state index contributed by atoms with van der Waals surface area (Å²) in [7, 11) is -3.58. The molecule has 0 saturated heterocycles. The van der Waals surface area contributed by atoms with Gasteiger partial charge in [-0.15, -0.1) is 0 Å². The Morgan fingerprint density at radius 1 is 1.63 bits per heavy atom. The highest BCUT2D eigenvalue weighted by Crippen LogP contribution is 2.32. The minimum absolute atomic E-state index is 0.107. The lowest BCUT2D eigenvalue weighted by atomic mass is 9.77. The van der Waals surface area contributed by atoms with Gasteiger partial charge in [0.1, 0.15) is 5.82 Å². The number of imidazole rings is 1. The summed E-state index contributed by atoms with van der Waals surface area (Å²) in [5.41, 5.74) is 5.32. The van der Waals surface area contributed by atoms with Gasteiger partial charge in [0.2, 0.25) is 0 Å². The molecule has 2 unspecified atom stereocenters. The summed E-state index contributed by atoms with van der Waals surface area (Å²) >= 11 is 0. The van der Waals surface area contributed by atoms with Gasteiger partial charge >= 0.3 is 0 Å². The van der Waals surface area contributed by atoms with Crippen LogP contribution in [0.4, 0.5) is 0 Å². The van der Waals surface area contributed by atoms with E-state index in [1.54, 1.807) is 6.92 Å². The molecule has 108 valence electrons. The molecule has 7 heteroatoms. The summed E-state index contributed by atoms with van der Waals surface area (Å²) in [4.78, 5) is 6.69. The van der Waals surface area contributed by atoms with Crippen molar-refractivity contribution in [2.45, 2.75) is 50.1 Å². The fourth-order valence-corrected chi connectivity index (χ4v) is 4.28. The van der Waals surface area contributed by atoms with Gasteiger partial charge in [-0.2, -0.15) is 0 Å². The maximum atomic E-state index is 12.3. The maximum Gasteiger partial charge on any atom is 0.258 e. The Morgan fingerprint density at radius 3 is 2.89 bits per heavy atom. The predicted octanol–water partition coefficient (Wildman–Crippen LogP) is 0.904. The minimum Gasteiger partial charge on any atom is -0.332 e. The molecule has 2 rings (SSSR count). The zero-order valence-corrected chi connectivity index (χ0v) is 12.3. The predicted molar refractivity (Wildman–Crippen MR) is 73.1 cm³/mol. The third-order valence-corrected chi connectivity index (χ3v) is 5.29. The molecule has 0 aromatic carbocycles. The quantitative estimate of drug-likeness (QED) is 0.765. The minimum atomic E-state index is -3.58. The molecule has 0 spiro atoms. The van der Waals surface area contributed by atoms with Crippen molar-refractivity contribution in [3.05, 3.63) is 12.0 Å². The summed E-state index contributed by atoms with van der Waals surface area (Å²) in [6.45, 7) is 4.18. The van der Waals surface area contributed by atoms with Crippen LogP contribution in [0.2, 0.25) is 0 Å². The highest BCUT2D eigenvalue weighted by Gasteiger charge is 2.38. The molecule has 1 aromatic heterocycles. The van der Waals surface area contributed by atoms with E-state index >= 15 is 0 Å². The van der Waals surface area contributed by atoms with Crippen LogP contribution in [-0.4, -0.2) is 30.5 Å². The van der Waals surface area contributed by atoms with Crippen molar-refractivity contribution in [1.29, 1.82) is 0 Å². The van der Waals surface area contributed by atoms with Gasteiger partial charge in [0.05, 0.1) is 6.20 Å². The van der Waals surface area contributed by atoms with Crippen LogP contribution < -0.4 is 10.5 Å². The molecule has 4 N–H and O–H groups in total. The zero-order valence-electron chi connectivity index (χ0n) is 11.4. The van der Waals surface area contributed by atoms with E-state index in [-0.39, 0.29) is 5.03 Å². The second-order valence-electron chi connectivity index (χ2n) is 5.62. The molecule has 0 amide bonds. The van der Waals surface area contributed by atoms with E-state index in [9.17, 15) is 8.42 Å². The van der Waals surface area contributed by atoms with E-state index in [2.05, 4.69) is 21.6 Å². The number of aryl methyl sites for hydroxylation is 1. The lowest BCUT2D eigenvalue weighted by molar-refractivity contribution is 0.222. The molecule has 19 heavy (non-hydrogen) atoms. The first-order chi connectivity index (χ1) is 8.87. The number of nitrogens with two attached hydrogens (primary N) is 1. The second-order valence-corrected chi connectivity index (χ2v) is 7.28. The number of hydrogen-bond acceptors (Lipinski definition) is 4. The number of aromatic nitrogens is 2. The average molecular weight is 286 g/mol. The highest BCUT2D eigenvalue weighted by molar-refractivity contribution is 7.89. The Morgan fingerprint density at radius 2 is 2.37 bits per heavy atom. The van der Waals surface area contributed by atoms with E-state index in [4.69, 9.17) is 5.73 Å². The second kappa shape index (κ2) is 5.22. The number of H-pyrrole nitrogens is 1. The maximum absolute atomic E-state index is 12.3. The van der Waals surface area contributed by atoms with Gasteiger partial charge in [-0.05, 0) is 25.7 Å². The Labute approximate surface area is 114 Å². The van der Waals surface area contributed by atoms with Crippen molar-refractivity contribution in [1.82, 2.24) is 14.7 Å². The van der Waals surface area contributed by atoms with Crippen molar-refractivity contribution in [2.24, 2.45) is 11.7 Å². The number of hydrogen-bond donors (Lipinski definition) is 3. The Hall–Kier alpha value is -0.920. The Balaban J connectivity index is 2.22. The van der Waals surface area contributed by atoms with Crippen molar-refractivity contribution < 1.29 is 8.42 Å². The standard InChI is InChI=1S/C12H22N4O2S/c1-9-4-3-5-12(6-9,8-13)16-19(17,18)11-7-14-10(2)15-11/h7,9,16H,3-6,8,13H2,1-2H3,(H,14,15). The van der Waals surface area contributed by atoms with Crippen LogP contribution in [0.15, 0.2) is 11.2 Å². The number of nitrogens with one attached hydrogen (secondary N) is 2. The lowest BCUT2D eigenvalue weighted by Gasteiger charge is -2.39. The third-order valence-electron chi connectivity index (χ3n) is 3.80. The molecular weight excluding hydrogens is 264 g/mol. The van der Waals surface area contributed by atoms with Crippen molar-refractivity contribution >= 4 is 10.0 Å². The molecule has 0 radical (unpaired) electrons. The first-order valence-electron chi connectivity index (χ1n) is 6.62. The first-order valence-corrected chi connectivity index (χ1v) is 8.11. The van der Waals surface area contributed by atoms with Gasteiger partial charge in [0.15, 0.2) is 5.03 Å². The van der Waals surface area contributed by atoms with Crippen LogP contribution >= 0.6 is 0 Å². The van der Waals surface area contributed by atoms with Crippen LogP contribution in [0.3, 0.4) is 0 Å². The summed E-state index contributed by atoms with van der Waals surface area (Å²) in [5, 5.41) is 0.107. The monoisotopic (exact) mass is 286 g/mol. The smallest absolute Gasteiger partial charge is 0.258 e. The number of nitrogens with zero attached hydrogens (tertiary/aromatic N) is 1. The van der Waals surface area contributed by atoms with Crippen LogP contribution in [-0.2, 0) is 10.0 Å². The van der Waals surface area contributed by atoms with Gasteiger partial charge in [-0.25, -0.2) is 18.1 Å². The largest absolute Gasteiger partial charge is 0.332 e. The van der Waals surface area contributed by atoms with Crippen LogP contribution in [0.1, 0.15) is 38.4 Å². The van der Waals surface area contributed by atoms with E-state index in [0.717, 1.165) is 25.7 Å². The van der Waals surface area contributed by atoms with Gasteiger partial charge in [0.25, 0.3) is 10.0 Å². The Bertz CT molecular complexity index is 540. The van der Waals surface area contributed by atoms with Gasteiger partial charge < -0.3 is 10.7 Å². The Kier molecular flexibility index (Phi) is 3.98. The number of rotatable bonds is 4. The van der Waals surface area contributed by atoms with Gasteiger partial charge in [0, 0.05) is 12.1 Å². The first kappa shape index (κ1) is 14.5. The number of aromatic amines is 1. The zero-order chi connectivity index (χ0) is 14.1. The average Bonchev–Trinajstić information content (AvgIpc) is 2.76. The highest BCUT2D eigenvalue weighted by atomic mass is 32.2. The van der Waals surface area contributed by atoms with E-state index in [1.807, 2.05) is 0 Å². The molecule has 6 nitrogen and oxygen atoms in total. The van der Waals surface area contributed by atoms with Crippen molar-refractivity contribution in [2.75, 3.05) is 6.54 Å². The van der Waals surface area contributed by atoms with E-state index in [1.165, 1.54) is 6.20 Å². The molecule has 1 fully saturated rings. The molecule has 1 saturated carbocycles. The molecule has 1 aliphatic rings. The van der Waals surface area contributed by atoms with Gasteiger partial charge in [-0.3, -0.25) is 0 Å². The van der Waals surface area contributed by atoms with E-state index in [0.29, 0.717) is 18.3 Å². The number of sulfonamides is 1. The van der Waals surface area contributed by atoms with Gasteiger partial charge in [-0.1, -0.05) is 19.8 Å². The lowest BCUT2D eigenvalue weighted by Crippen LogP contribution is -2.55. The normalized spacial score (nSPS) is 28.5. The molecule has 0 bridgehead atoms. The van der Waals surface area contributed by atoms with Crippen LogP contribution in [0.25, 0.3) is 0 Å². The van der Waals surface area contributed by atoms with Crippen LogP contribution in [0.5, 0.6) is 0 Å². The van der Waals surface area contributed by atoms with Crippen molar-refractivity contribution in [3.63, 3.8) is 0 Å². The SMILES string of the molecule is Cc1ncc(S(=O)(=O)NC2(CN)CCCC(C)C2)[nH]1. The fraction of sp³-hybridized carbons (Fsp3) is 0.750. The van der Waals surface area contributed by atoms with Crippen molar-refractivity contribution in [3.8, 4) is 0 Å². The molecule has 1 aromatic rings. The fourth-order valence-electron chi connectivity index (χ4n) is 2.85. The summed E-state index contributed by atoms with van der Waals surface area (Å²) in [6, 6.07) is 0. The summed E-state index contributed by atoms with van der Waals surface area (Å²) in [5.74, 6) is 1.07. The molecular formula is C12H22N4O2S. The third kappa shape index (κ3) is 3.16. The molecule has 1 aliphatic carbocycles. The summed E-state index contributed by atoms with van der Waals surface area (Å²) < 4.78 is 27.5. The summed E-state index contributed by atoms with van der Waals surface area (Å²) in [6.07, 6.45) is 5.06. The molecule has 0 aliphatic heterocycles. The van der Waals surface area contributed by atoms with Crippen LogP contribution in [0, 0.1) is 12.8 Å². The topological polar surface area (TPSA) is 101 Å². The molecule has 1 heterocycles. The molecule has 2 atom stereocenters. The van der Waals surface area contributed by atoms with E-state index < -0.39 is 15.6 Å².